The van der Waals surface area contributed by atoms with Crippen LogP contribution < -0.4 is 5.32 Å². The van der Waals surface area contributed by atoms with Gasteiger partial charge in [-0.25, -0.2) is 0 Å². The molecule has 0 heterocycles. The van der Waals surface area contributed by atoms with Crippen LogP contribution in [0.25, 0.3) is 0 Å². The Morgan fingerprint density at radius 3 is 2.70 bits per heavy atom. The van der Waals surface area contributed by atoms with Gasteiger partial charge in [0.2, 0.25) is 0 Å². The van der Waals surface area contributed by atoms with Crippen LogP contribution in [0.4, 0.5) is 11.4 Å². The average molecular weight is 275 g/mol. The SMILES string of the molecule is N#Cc1cc(NCC2(CO)CCCC2)ccc1[N+](=O)[O-]. The van der Waals surface area contributed by atoms with Crippen molar-refractivity contribution in [3.63, 3.8) is 0 Å². The van der Waals surface area contributed by atoms with Crippen LogP contribution in [0.5, 0.6) is 0 Å². The summed E-state index contributed by atoms with van der Waals surface area (Å²) in [6.45, 7) is 0.754. The minimum absolute atomic E-state index is 0.0458. The van der Waals surface area contributed by atoms with Crippen LogP contribution in [0, 0.1) is 26.9 Å². The maximum absolute atomic E-state index is 10.8. The number of nitro groups is 1. The second-order valence-corrected chi connectivity index (χ2v) is 5.32. The summed E-state index contributed by atoms with van der Waals surface area (Å²) in [5.41, 5.74) is 0.432. The Bertz CT molecular complexity index is 545. The summed E-state index contributed by atoms with van der Waals surface area (Å²) in [5.74, 6) is 0. The lowest BCUT2D eigenvalue weighted by molar-refractivity contribution is -0.385. The fourth-order valence-electron chi connectivity index (χ4n) is 2.70. The third-order valence-corrected chi connectivity index (χ3v) is 3.98. The molecule has 2 rings (SSSR count). The first kappa shape index (κ1) is 14.3. The average Bonchev–Trinajstić information content (AvgIpc) is 2.94. The molecule has 1 aromatic carbocycles. The van der Waals surface area contributed by atoms with Gasteiger partial charge < -0.3 is 10.4 Å². The lowest BCUT2D eigenvalue weighted by Gasteiger charge is -2.27. The molecule has 2 N–H and O–H groups in total. The fraction of sp³-hybridized carbons (Fsp3) is 0.500. The number of aliphatic hydroxyl groups excluding tert-OH is 1. The molecule has 0 bridgehead atoms. The maximum Gasteiger partial charge on any atom is 0.287 e. The topological polar surface area (TPSA) is 99.2 Å². The van der Waals surface area contributed by atoms with Gasteiger partial charge in [0.1, 0.15) is 11.6 Å². The monoisotopic (exact) mass is 275 g/mol. The molecule has 0 aliphatic heterocycles. The zero-order valence-corrected chi connectivity index (χ0v) is 11.1. The Hall–Kier alpha value is -2.13. The largest absolute Gasteiger partial charge is 0.396 e. The highest BCUT2D eigenvalue weighted by Gasteiger charge is 2.32. The summed E-state index contributed by atoms with van der Waals surface area (Å²) >= 11 is 0. The van der Waals surface area contributed by atoms with Crippen LogP contribution in [-0.2, 0) is 0 Å². The third-order valence-electron chi connectivity index (χ3n) is 3.98. The van der Waals surface area contributed by atoms with Crippen LogP contribution in [-0.4, -0.2) is 23.2 Å². The lowest BCUT2D eigenvalue weighted by atomic mass is 9.87. The molecule has 6 heteroatoms. The van der Waals surface area contributed by atoms with Crippen molar-refractivity contribution in [2.45, 2.75) is 25.7 Å². The van der Waals surface area contributed by atoms with Crippen molar-refractivity contribution < 1.29 is 10.0 Å². The van der Waals surface area contributed by atoms with Gasteiger partial charge in [0.25, 0.3) is 5.69 Å². The number of hydrogen-bond acceptors (Lipinski definition) is 5. The molecular formula is C14H17N3O3. The van der Waals surface area contributed by atoms with Crippen molar-refractivity contribution in [2.75, 3.05) is 18.5 Å². The van der Waals surface area contributed by atoms with E-state index in [1.165, 1.54) is 12.1 Å². The molecule has 20 heavy (non-hydrogen) atoms. The molecule has 1 aliphatic carbocycles. The van der Waals surface area contributed by atoms with Gasteiger partial charge in [0, 0.05) is 23.7 Å². The maximum atomic E-state index is 10.8. The molecule has 1 aromatic rings. The molecule has 0 aromatic heterocycles. The minimum Gasteiger partial charge on any atom is -0.396 e. The molecule has 0 atom stereocenters. The normalized spacial score (nSPS) is 16.6. The second-order valence-electron chi connectivity index (χ2n) is 5.32. The predicted octanol–water partition coefficient (Wildman–Crippen LogP) is 2.43. The smallest absolute Gasteiger partial charge is 0.287 e. The molecule has 1 saturated carbocycles. The molecule has 1 fully saturated rings. The van der Waals surface area contributed by atoms with E-state index in [2.05, 4.69) is 5.32 Å². The standard InChI is InChI=1S/C14H17N3O3/c15-8-11-7-12(3-4-13(11)17(19)20)16-9-14(10-18)5-1-2-6-14/h3-4,7,16,18H,1-2,5-6,9-10H2. The molecule has 1 aliphatic rings. The minimum atomic E-state index is -0.561. The van der Waals surface area contributed by atoms with E-state index < -0.39 is 4.92 Å². The van der Waals surface area contributed by atoms with Crippen LogP contribution in [0.3, 0.4) is 0 Å². The number of nitrogens with one attached hydrogen (secondary N) is 1. The number of nitriles is 1. The quantitative estimate of drug-likeness (QED) is 0.635. The molecule has 0 unspecified atom stereocenters. The number of hydrogen-bond donors (Lipinski definition) is 2. The van der Waals surface area contributed by atoms with Crippen molar-refractivity contribution in [3.8, 4) is 6.07 Å². The molecule has 0 spiro atoms. The first-order valence-corrected chi connectivity index (χ1v) is 6.63. The molecule has 0 saturated heterocycles. The number of rotatable bonds is 5. The van der Waals surface area contributed by atoms with Gasteiger partial charge in [0.15, 0.2) is 0 Å². The van der Waals surface area contributed by atoms with Crippen LogP contribution >= 0.6 is 0 Å². The number of nitro benzene ring substituents is 1. The summed E-state index contributed by atoms with van der Waals surface area (Å²) in [6, 6.07) is 6.25. The van der Waals surface area contributed by atoms with Gasteiger partial charge in [0.05, 0.1) is 11.5 Å². The Balaban J connectivity index is 2.11. The Morgan fingerprint density at radius 2 is 2.15 bits per heavy atom. The van der Waals surface area contributed by atoms with Crippen molar-refractivity contribution in [1.29, 1.82) is 5.26 Å². The third kappa shape index (κ3) is 2.89. The van der Waals surface area contributed by atoms with Crippen molar-refractivity contribution in [3.05, 3.63) is 33.9 Å². The van der Waals surface area contributed by atoms with E-state index >= 15 is 0 Å². The number of aliphatic hydroxyl groups is 1. The van der Waals surface area contributed by atoms with Crippen LogP contribution in [0.1, 0.15) is 31.2 Å². The molecule has 0 radical (unpaired) electrons. The van der Waals surface area contributed by atoms with E-state index in [4.69, 9.17) is 5.26 Å². The first-order chi connectivity index (χ1) is 9.60. The van der Waals surface area contributed by atoms with Crippen molar-refractivity contribution >= 4 is 11.4 Å². The van der Waals surface area contributed by atoms with E-state index in [0.29, 0.717) is 12.2 Å². The van der Waals surface area contributed by atoms with E-state index in [-0.39, 0.29) is 23.3 Å². The molecule has 6 nitrogen and oxygen atoms in total. The number of nitrogens with zero attached hydrogens (tertiary/aromatic N) is 2. The molecule has 106 valence electrons. The van der Waals surface area contributed by atoms with Gasteiger partial charge in [-0.15, -0.1) is 0 Å². The lowest BCUT2D eigenvalue weighted by Crippen LogP contribution is -2.30. The highest BCUT2D eigenvalue weighted by atomic mass is 16.6. The second kappa shape index (κ2) is 5.88. The predicted molar refractivity (Wildman–Crippen MR) is 74.3 cm³/mol. The van der Waals surface area contributed by atoms with Gasteiger partial charge in [-0.3, -0.25) is 10.1 Å². The zero-order valence-electron chi connectivity index (χ0n) is 11.1. The first-order valence-electron chi connectivity index (χ1n) is 6.63. The molecule has 0 amide bonds. The van der Waals surface area contributed by atoms with Crippen LogP contribution in [0.15, 0.2) is 18.2 Å². The highest BCUT2D eigenvalue weighted by molar-refractivity contribution is 5.58. The van der Waals surface area contributed by atoms with Gasteiger partial charge in [-0.1, -0.05) is 12.8 Å². The summed E-state index contributed by atoms with van der Waals surface area (Å²) in [4.78, 5) is 10.2. The van der Waals surface area contributed by atoms with E-state index in [9.17, 15) is 15.2 Å². The summed E-state index contributed by atoms with van der Waals surface area (Å²) < 4.78 is 0. The highest BCUT2D eigenvalue weighted by Crippen LogP contribution is 2.37. The van der Waals surface area contributed by atoms with E-state index in [1.807, 2.05) is 6.07 Å². The van der Waals surface area contributed by atoms with Gasteiger partial charge in [-0.05, 0) is 25.0 Å². The Labute approximate surface area is 117 Å². The number of benzene rings is 1. The van der Waals surface area contributed by atoms with Gasteiger partial charge >= 0.3 is 0 Å². The summed E-state index contributed by atoms with van der Waals surface area (Å²) in [6.07, 6.45) is 4.20. The van der Waals surface area contributed by atoms with Gasteiger partial charge in [-0.2, -0.15) is 5.26 Å². The summed E-state index contributed by atoms with van der Waals surface area (Å²) in [7, 11) is 0. The molecular weight excluding hydrogens is 258 g/mol. The van der Waals surface area contributed by atoms with Crippen molar-refractivity contribution in [2.24, 2.45) is 5.41 Å². The van der Waals surface area contributed by atoms with Crippen molar-refractivity contribution in [1.82, 2.24) is 0 Å². The van der Waals surface area contributed by atoms with E-state index in [1.54, 1.807) is 6.07 Å². The Morgan fingerprint density at radius 1 is 1.45 bits per heavy atom. The fourth-order valence-corrected chi connectivity index (χ4v) is 2.70. The Kier molecular flexibility index (Phi) is 4.20. The summed E-state index contributed by atoms with van der Waals surface area (Å²) in [5, 5.41) is 32.4. The van der Waals surface area contributed by atoms with Crippen LogP contribution in [0.2, 0.25) is 0 Å². The zero-order chi connectivity index (χ0) is 14.6. The van der Waals surface area contributed by atoms with E-state index in [0.717, 1.165) is 25.7 Å². The number of anilines is 1.